The fraction of sp³-hybridized carbons (Fsp3) is 0.822. The summed E-state index contributed by atoms with van der Waals surface area (Å²) in [6.07, 6.45) is 52.6. The Labute approximate surface area is 307 Å². The lowest BCUT2D eigenvalue weighted by molar-refractivity contribution is -0.180. The van der Waals surface area contributed by atoms with Crippen molar-refractivity contribution < 1.29 is 9.47 Å². The molecule has 2 atom stereocenters. The summed E-state index contributed by atoms with van der Waals surface area (Å²) in [7, 11) is 4.31. The zero-order valence-electron chi connectivity index (χ0n) is 33.8. The Bertz CT molecular complexity index is 724. The van der Waals surface area contributed by atoms with E-state index in [1.807, 2.05) is 13.8 Å². The van der Waals surface area contributed by atoms with Gasteiger partial charge in [-0.15, -0.1) is 0 Å². The average Bonchev–Trinajstić information content (AvgIpc) is 3.51. The van der Waals surface area contributed by atoms with E-state index in [2.05, 4.69) is 74.5 Å². The molecule has 2 N–H and O–H groups in total. The number of ether oxygens (including phenoxy) is 2. The van der Waals surface area contributed by atoms with Gasteiger partial charge in [0.25, 0.3) is 0 Å². The van der Waals surface area contributed by atoms with Crippen molar-refractivity contribution in [3.63, 3.8) is 0 Å². The maximum absolute atomic E-state index is 6.70. The number of hydrogen-bond donors (Lipinski definition) is 1. The lowest BCUT2D eigenvalue weighted by Gasteiger charge is -2.28. The lowest BCUT2D eigenvalue weighted by Crippen LogP contribution is -2.31. The van der Waals surface area contributed by atoms with Crippen LogP contribution >= 0.6 is 0 Å². The number of hydrogen-bond acceptors (Lipinski definition) is 4. The molecule has 1 fully saturated rings. The van der Waals surface area contributed by atoms with Gasteiger partial charge < -0.3 is 20.1 Å². The van der Waals surface area contributed by atoms with Gasteiger partial charge in [-0.3, -0.25) is 0 Å². The second-order valence-corrected chi connectivity index (χ2v) is 14.3. The molecule has 288 valence electrons. The number of allylic oxidation sites excluding steroid dienone is 8. The fourth-order valence-corrected chi connectivity index (χ4v) is 6.36. The van der Waals surface area contributed by atoms with Gasteiger partial charge in [-0.05, 0) is 162 Å². The molecule has 4 nitrogen and oxygen atoms in total. The minimum atomic E-state index is -0.336. The molecule has 0 bridgehead atoms. The summed E-state index contributed by atoms with van der Waals surface area (Å²) in [6, 6.07) is 0. The van der Waals surface area contributed by atoms with Gasteiger partial charge in [0.15, 0.2) is 5.79 Å². The molecule has 0 radical (unpaired) electrons. The molecular weight excluding hydrogens is 601 g/mol. The summed E-state index contributed by atoms with van der Waals surface area (Å²) in [5, 5.41) is 0. The van der Waals surface area contributed by atoms with Gasteiger partial charge in [-0.2, -0.15) is 0 Å². The van der Waals surface area contributed by atoms with E-state index < -0.39 is 0 Å². The Kier molecular flexibility index (Phi) is 37.1. The third-order valence-electron chi connectivity index (χ3n) is 9.35. The molecule has 1 aliphatic heterocycles. The summed E-state index contributed by atoms with van der Waals surface area (Å²) in [5.74, 6) is -0.336. The normalized spacial score (nSPS) is 18.2. The molecule has 0 aliphatic carbocycles. The number of unbranched alkanes of at least 4 members (excludes halogenated alkanes) is 17. The molecule has 4 heteroatoms. The average molecular weight is 687 g/mol. The largest absolute Gasteiger partial charge is 0.347 e. The molecule has 0 aromatic heterocycles. The number of nitrogens with two attached hydrogens (primary N) is 1. The lowest BCUT2D eigenvalue weighted by atomic mass is 9.99. The smallest absolute Gasteiger partial charge is 0.168 e. The predicted octanol–water partition coefficient (Wildman–Crippen LogP) is 13.4. The van der Waals surface area contributed by atoms with E-state index in [0.29, 0.717) is 0 Å². The van der Waals surface area contributed by atoms with Gasteiger partial charge in [-0.25, -0.2) is 0 Å². The quantitative estimate of drug-likeness (QED) is 0.0541. The van der Waals surface area contributed by atoms with E-state index in [4.69, 9.17) is 15.2 Å². The summed E-state index contributed by atoms with van der Waals surface area (Å²) < 4.78 is 13.2. The van der Waals surface area contributed by atoms with Crippen molar-refractivity contribution in [3.8, 4) is 0 Å². The van der Waals surface area contributed by atoms with Crippen LogP contribution in [0.5, 0.6) is 0 Å². The standard InChI is InChI=1S/C43H80N2O2.C2H6/c1-4-5-6-7-8-9-10-11-12-14-17-20-23-26-29-32-37-43(46-41-42(47-43)36-35-40-45(2)3)38-33-30-27-24-21-18-15-13-16-19-22-25-28-31-34-39-44;1-2/h8-9,17-18,20-22,25,42H,4-7,10-16,19,23-24,26-41,44H2,1-3H3;1-2H3/b9-8-,20-17-,21-18-,25-22-;. The first kappa shape index (κ1) is 47.8. The van der Waals surface area contributed by atoms with Gasteiger partial charge >= 0.3 is 0 Å². The Hall–Kier alpha value is -1.20. The molecule has 1 rings (SSSR count). The van der Waals surface area contributed by atoms with Crippen LogP contribution in [0.2, 0.25) is 0 Å². The van der Waals surface area contributed by atoms with Crippen molar-refractivity contribution in [2.75, 3.05) is 33.8 Å². The predicted molar refractivity (Wildman–Crippen MR) is 219 cm³/mol. The monoisotopic (exact) mass is 687 g/mol. The van der Waals surface area contributed by atoms with Crippen LogP contribution in [0.4, 0.5) is 0 Å². The van der Waals surface area contributed by atoms with Crippen LogP contribution in [0.15, 0.2) is 48.6 Å². The molecule has 1 aliphatic rings. The number of nitrogens with zero attached hydrogens (tertiary/aromatic N) is 1. The van der Waals surface area contributed by atoms with Crippen molar-refractivity contribution in [3.05, 3.63) is 48.6 Å². The second kappa shape index (κ2) is 38.0. The third-order valence-corrected chi connectivity index (χ3v) is 9.35. The van der Waals surface area contributed by atoms with Crippen molar-refractivity contribution in [2.24, 2.45) is 5.73 Å². The maximum atomic E-state index is 6.70. The van der Waals surface area contributed by atoms with Crippen LogP contribution in [0.1, 0.15) is 194 Å². The van der Waals surface area contributed by atoms with Crippen LogP contribution in [-0.4, -0.2) is 50.6 Å². The molecule has 49 heavy (non-hydrogen) atoms. The summed E-state index contributed by atoms with van der Waals surface area (Å²) in [4.78, 5) is 2.27. The Balaban J connectivity index is 0.0000113. The molecule has 1 saturated heterocycles. The van der Waals surface area contributed by atoms with Gasteiger partial charge in [0, 0.05) is 12.8 Å². The molecular formula is C45H86N2O2. The van der Waals surface area contributed by atoms with Crippen LogP contribution in [-0.2, 0) is 9.47 Å². The van der Waals surface area contributed by atoms with E-state index in [-0.39, 0.29) is 11.9 Å². The Morgan fingerprint density at radius 3 is 1.33 bits per heavy atom. The molecule has 0 spiro atoms. The minimum absolute atomic E-state index is 0.268. The van der Waals surface area contributed by atoms with Crippen molar-refractivity contribution in [1.29, 1.82) is 0 Å². The van der Waals surface area contributed by atoms with Gasteiger partial charge in [0.05, 0.1) is 12.7 Å². The van der Waals surface area contributed by atoms with Crippen molar-refractivity contribution in [2.45, 2.75) is 206 Å². The van der Waals surface area contributed by atoms with Crippen LogP contribution in [0, 0.1) is 0 Å². The zero-order valence-corrected chi connectivity index (χ0v) is 33.8. The van der Waals surface area contributed by atoms with Crippen LogP contribution in [0.3, 0.4) is 0 Å². The Morgan fingerprint density at radius 2 is 0.939 bits per heavy atom. The highest BCUT2D eigenvalue weighted by Crippen LogP contribution is 2.36. The maximum Gasteiger partial charge on any atom is 0.168 e. The minimum Gasteiger partial charge on any atom is -0.347 e. The summed E-state index contributed by atoms with van der Waals surface area (Å²) in [6.45, 7) is 8.99. The molecule has 1 heterocycles. The highest BCUT2D eigenvalue weighted by molar-refractivity contribution is 4.86. The van der Waals surface area contributed by atoms with E-state index in [1.54, 1.807) is 0 Å². The summed E-state index contributed by atoms with van der Waals surface area (Å²) in [5.41, 5.74) is 5.55. The fourth-order valence-electron chi connectivity index (χ4n) is 6.36. The highest BCUT2D eigenvalue weighted by Gasteiger charge is 2.40. The topological polar surface area (TPSA) is 47.7 Å². The van der Waals surface area contributed by atoms with E-state index in [1.165, 1.54) is 148 Å². The number of rotatable bonds is 34. The van der Waals surface area contributed by atoms with E-state index >= 15 is 0 Å². The molecule has 0 saturated carbocycles. The molecule has 0 amide bonds. The van der Waals surface area contributed by atoms with Gasteiger partial charge in [-0.1, -0.05) is 95.1 Å². The highest BCUT2D eigenvalue weighted by atomic mass is 16.7. The Morgan fingerprint density at radius 1 is 0.551 bits per heavy atom. The second-order valence-electron chi connectivity index (χ2n) is 14.3. The zero-order chi connectivity index (χ0) is 35.9. The third kappa shape index (κ3) is 32.5. The molecule has 0 aromatic carbocycles. The van der Waals surface area contributed by atoms with Gasteiger partial charge in [0.1, 0.15) is 0 Å². The summed E-state index contributed by atoms with van der Waals surface area (Å²) >= 11 is 0. The first-order valence-electron chi connectivity index (χ1n) is 21.4. The first-order chi connectivity index (χ1) is 24.1. The SMILES string of the molecule is CC.CCCCC/C=C\CCCC/C=C\CCCCCC1(CCCCC/C=C\CCCC/C=C\CCCCN)OCC(CCCN(C)C)O1. The molecule has 2 unspecified atom stereocenters. The van der Waals surface area contributed by atoms with E-state index in [9.17, 15) is 0 Å². The van der Waals surface area contributed by atoms with Crippen molar-refractivity contribution >= 4 is 0 Å². The molecule has 0 aromatic rings. The first-order valence-corrected chi connectivity index (χ1v) is 21.4. The van der Waals surface area contributed by atoms with Crippen LogP contribution < -0.4 is 5.73 Å². The van der Waals surface area contributed by atoms with Crippen molar-refractivity contribution in [1.82, 2.24) is 4.90 Å². The van der Waals surface area contributed by atoms with E-state index in [0.717, 1.165) is 45.4 Å². The van der Waals surface area contributed by atoms with Crippen LogP contribution in [0.25, 0.3) is 0 Å². The van der Waals surface area contributed by atoms with Gasteiger partial charge in [0.2, 0.25) is 0 Å².